The third-order valence-corrected chi connectivity index (χ3v) is 4.06. The Kier molecular flexibility index (Phi) is 4.34. The van der Waals surface area contributed by atoms with Crippen LogP contribution >= 0.6 is 0 Å². The molecular formula is C19H17F2NO2. The number of rotatable bonds is 4. The number of nitrogens with zero attached hydrogens (tertiary/aromatic N) is 1. The van der Waals surface area contributed by atoms with Crippen LogP contribution in [0.4, 0.5) is 8.78 Å². The highest BCUT2D eigenvalue weighted by Gasteiger charge is 2.19. The number of unbranched alkanes of at least 4 members (excludes halogenated alkanes) is 1. The van der Waals surface area contributed by atoms with Gasteiger partial charge in [-0.2, -0.15) is 0 Å². The van der Waals surface area contributed by atoms with Gasteiger partial charge in [0.2, 0.25) is 0 Å². The fourth-order valence-corrected chi connectivity index (χ4v) is 2.81. The Morgan fingerprint density at radius 1 is 1.12 bits per heavy atom. The lowest BCUT2D eigenvalue weighted by atomic mass is 10.0. The van der Waals surface area contributed by atoms with Crippen LogP contribution in [0.15, 0.2) is 47.4 Å². The Hall–Kier alpha value is -2.69. The van der Waals surface area contributed by atoms with Crippen molar-refractivity contribution in [3.63, 3.8) is 0 Å². The molecule has 0 unspecified atom stereocenters. The van der Waals surface area contributed by atoms with Gasteiger partial charge < -0.3 is 9.67 Å². The number of halogens is 2. The fraction of sp³-hybridized carbons (Fsp3) is 0.211. The summed E-state index contributed by atoms with van der Waals surface area (Å²) in [6.45, 7) is 2.56. The zero-order chi connectivity index (χ0) is 17.3. The van der Waals surface area contributed by atoms with Crippen LogP contribution in [0.25, 0.3) is 22.0 Å². The molecule has 2 aromatic carbocycles. The Bertz CT molecular complexity index is 946. The lowest BCUT2D eigenvalue weighted by molar-refractivity contribution is 0.475. The van der Waals surface area contributed by atoms with Crippen molar-refractivity contribution in [3.8, 4) is 16.9 Å². The fourth-order valence-electron chi connectivity index (χ4n) is 2.81. The number of aromatic hydroxyl groups is 1. The number of pyridine rings is 1. The van der Waals surface area contributed by atoms with Gasteiger partial charge in [-0.15, -0.1) is 0 Å². The van der Waals surface area contributed by atoms with E-state index in [1.807, 2.05) is 6.92 Å². The summed E-state index contributed by atoms with van der Waals surface area (Å²) in [5.74, 6) is -1.54. The number of fused-ring (bicyclic) bond motifs is 1. The predicted octanol–water partition coefficient (Wildman–Crippen LogP) is 4.45. The minimum atomic E-state index is -0.795. The molecule has 0 bridgehead atoms. The highest BCUT2D eigenvalue weighted by atomic mass is 19.1. The highest BCUT2D eigenvalue weighted by molar-refractivity contribution is 5.86. The molecule has 1 heterocycles. The molecule has 0 aliphatic carbocycles. The molecular weight excluding hydrogens is 312 g/mol. The van der Waals surface area contributed by atoms with Crippen molar-refractivity contribution in [1.29, 1.82) is 0 Å². The predicted molar refractivity (Wildman–Crippen MR) is 90.1 cm³/mol. The molecule has 3 rings (SSSR count). The van der Waals surface area contributed by atoms with Crippen molar-refractivity contribution in [2.75, 3.05) is 0 Å². The van der Waals surface area contributed by atoms with Gasteiger partial charge in [-0.05, 0) is 30.2 Å². The second kappa shape index (κ2) is 6.43. The minimum Gasteiger partial charge on any atom is -0.508 e. The minimum absolute atomic E-state index is 0.0141. The second-order valence-electron chi connectivity index (χ2n) is 5.72. The third-order valence-electron chi connectivity index (χ3n) is 4.06. The summed E-state index contributed by atoms with van der Waals surface area (Å²) >= 11 is 0. The van der Waals surface area contributed by atoms with E-state index < -0.39 is 17.1 Å². The molecule has 0 amide bonds. The monoisotopic (exact) mass is 329 g/mol. The number of phenols is 1. The van der Waals surface area contributed by atoms with Crippen LogP contribution < -0.4 is 5.43 Å². The maximum atomic E-state index is 15.1. The highest BCUT2D eigenvalue weighted by Crippen LogP contribution is 2.31. The summed E-state index contributed by atoms with van der Waals surface area (Å²) in [6, 6.07) is 8.05. The van der Waals surface area contributed by atoms with Crippen molar-refractivity contribution in [2.45, 2.75) is 26.3 Å². The van der Waals surface area contributed by atoms with Crippen LogP contribution in [-0.2, 0) is 6.54 Å². The van der Waals surface area contributed by atoms with Crippen molar-refractivity contribution >= 4 is 10.9 Å². The normalized spacial score (nSPS) is 11.1. The molecule has 5 heteroatoms. The van der Waals surface area contributed by atoms with Gasteiger partial charge in [0.1, 0.15) is 11.6 Å². The molecule has 0 saturated heterocycles. The molecule has 0 spiro atoms. The number of phenolic OH excluding ortho intramolecular Hbond substituents is 1. The van der Waals surface area contributed by atoms with Crippen LogP contribution in [0.1, 0.15) is 19.8 Å². The van der Waals surface area contributed by atoms with Gasteiger partial charge in [0.05, 0.1) is 16.5 Å². The van der Waals surface area contributed by atoms with Gasteiger partial charge in [0, 0.05) is 18.8 Å². The summed E-state index contributed by atoms with van der Waals surface area (Å²) in [5, 5.41) is 9.39. The van der Waals surface area contributed by atoms with E-state index >= 15 is 4.39 Å². The lowest BCUT2D eigenvalue weighted by Gasteiger charge is -2.14. The molecule has 0 aliphatic rings. The average molecular weight is 329 g/mol. The van der Waals surface area contributed by atoms with Gasteiger partial charge in [0.15, 0.2) is 11.2 Å². The Morgan fingerprint density at radius 3 is 2.50 bits per heavy atom. The van der Waals surface area contributed by atoms with Crippen molar-refractivity contribution in [3.05, 3.63) is 64.5 Å². The smallest absolute Gasteiger partial charge is 0.189 e. The summed E-state index contributed by atoms with van der Waals surface area (Å²) in [6.07, 6.45) is 3.28. The summed E-state index contributed by atoms with van der Waals surface area (Å²) in [4.78, 5) is 12.0. The summed E-state index contributed by atoms with van der Waals surface area (Å²) < 4.78 is 31.3. The van der Waals surface area contributed by atoms with Gasteiger partial charge in [0.25, 0.3) is 0 Å². The van der Waals surface area contributed by atoms with E-state index in [1.165, 1.54) is 30.3 Å². The Morgan fingerprint density at radius 2 is 1.83 bits per heavy atom. The Balaban J connectivity index is 2.31. The van der Waals surface area contributed by atoms with E-state index in [2.05, 4.69) is 0 Å². The molecule has 0 fully saturated rings. The number of aromatic nitrogens is 1. The van der Waals surface area contributed by atoms with Crippen molar-refractivity contribution in [2.24, 2.45) is 0 Å². The molecule has 0 saturated carbocycles. The molecule has 1 N–H and O–H groups in total. The third kappa shape index (κ3) is 2.77. The quantitative estimate of drug-likeness (QED) is 0.768. The molecule has 1 aromatic heterocycles. The molecule has 124 valence electrons. The van der Waals surface area contributed by atoms with Crippen LogP contribution in [-0.4, -0.2) is 9.67 Å². The molecule has 0 aliphatic heterocycles. The topological polar surface area (TPSA) is 42.2 Å². The van der Waals surface area contributed by atoms with Gasteiger partial charge in [-0.1, -0.05) is 25.5 Å². The van der Waals surface area contributed by atoms with Crippen molar-refractivity contribution < 1.29 is 13.9 Å². The van der Waals surface area contributed by atoms with E-state index in [9.17, 15) is 14.3 Å². The van der Waals surface area contributed by atoms with E-state index in [0.717, 1.165) is 18.9 Å². The Labute approximate surface area is 137 Å². The average Bonchev–Trinajstić information content (AvgIpc) is 2.56. The zero-order valence-corrected chi connectivity index (χ0v) is 13.2. The number of hydrogen-bond acceptors (Lipinski definition) is 2. The largest absolute Gasteiger partial charge is 0.508 e. The molecule has 0 radical (unpaired) electrons. The van der Waals surface area contributed by atoms with Crippen LogP contribution in [0.5, 0.6) is 5.75 Å². The van der Waals surface area contributed by atoms with Crippen LogP contribution in [0, 0.1) is 11.6 Å². The number of hydrogen-bond donors (Lipinski definition) is 1. The zero-order valence-electron chi connectivity index (χ0n) is 13.2. The SMILES string of the molecule is CCCCn1ccc(=O)c2cc(F)c(-c3ccc(O)cc3)c(F)c21. The van der Waals surface area contributed by atoms with Crippen LogP contribution in [0.2, 0.25) is 0 Å². The van der Waals surface area contributed by atoms with Crippen LogP contribution in [0.3, 0.4) is 0 Å². The maximum Gasteiger partial charge on any atom is 0.189 e. The van der Waals surface area contributed by atoms with E-state index in [4.69, 9.17) is 0 Å². The van der Waals surface area contributed by atoms with Gasteiger partial charge in [-0.3, -0.25) is 4.79 Å². The second-order valence-corrected chi connectivity index (χ2v) is 5.72. The molecule has 24 heavy (non-hydrogen) atoms. The van der Waals surface area contributed by atoms with Crippen molar-refractivity contribution in [1.82, 2.24) is 4.57 Å². The molecule has 3 aromatic rings. The molecule has 3 nitrogen and oxygen atoms in total. The summed E-state index contributed by atoms with van der Waals surface area (Å²) in [7, 11) is 0. The molecule has 0 atom stereocenters. The number of benzene rings is 2. The van der Waals surface area contributed by atoms with Gasteiger partial charge in [-0.25, -0.2) is 8.78 Å². The van der Waals surface area contributed by atoms with Gasteiger partial charge >= 0.3 is 0 Å². The first-order chi connectivity index (χ1) is 11.5. The maximum absolute atomic E-state index is 15.1. The number of aryl methyl sites for hydroxylation is 1. The van der Waals surface area contributed by atoms with E-state index in [-0.39, 0.29) is 22.2 Å². The standard InChI is InChI=1S/C19H17F2NO2/c1-2-3-9-22-10-8-16(24)14-11-15(20)17(18(21)19(14)22)12-4-6-13(23)7-5-12/h4-8,10-11,23H,2-3,9H2,1H3. The first-order valence-corrected chi connectivity index (χ1v) is 7.83. The first-order valence-electron chi connectivity index (χ1n) is 7.83. The lowest BCUT2D eigenvalue weighted by Crippen LogP contribution is -2.11. The van der Waals surface area contributed by atoms with E-state index in [1.54, 1.807) is 10.8 Å². The van der Waals surface area contributed by atoms with E-state index in [0.29, 0.717) is 12.1 Å². The summed E-state index contributed by atoms with van der Waals surface area (Å²) in [5.41, 5.74) is -0.186. The first kappa shape index (κ1) is 16.2.